The molecule has 0 saturated heterocycles. The summed E-state index contributed by atoms with van der Waals surface area (Å²) in [4.78, 5) is 12.6. The minimum atomic E-state index is -0.492. The molecule has 2 rings (SSSR count). The van der Waals surface area contributed by atoms with Gasteiger partial charge in [-0.1, -0.05) is 0 Å². The third kappa shape index (κ3) is 2.61. The number of thiophene rings is 1. The van der Waals surface area contributed by atoms with Crippen LogP contribution in [0.25, 0.3) is 0 Å². The summed E-state index contributed by atoms with van der Waals surface area (Å²) in [5.74, 6) is -0.492. The zero-order chi connectivity index (χ0) is 14.9. The highest BCUT2D eigenvalue weighted by molar-refractivity contribution is 7.99. The first-order valence-electron chi connectivity index (χ1n) is 5.93. The van der Waals surface area contributed by atoms with Gasteiger partial charge in [-0.05, 0) is 13.2 Å². The second-order valence-corrected chi connectivity index (χ2v) is 6.14. The molecule has 6 nitrogen and oxygen atoms in total. The predicted octanol–water partition coefficient (Wildman–Crippen LogP) is 1.81. The van der Waals surface area contributed by atoms with Gasteiger partial charge in [-0.25, -0.2) is 0 Å². The van der Waals surface area contributed by atoms with Crippen LogP contribution in [0.1, 0.15) is 20.9 Å². The van der Waals surface area contributed by atoms with Gasteiger partial charge < -0.3 is 16.8 Å². The lowest BCUT2D eigenvalue weighted by Crippen LogP contribution is -2.10. The number of aromatic nitrogens is 2. The average molecular weight is 311 g/mol. The molecule has 2 aromatic heterocycles. The number of nitrogens with one attached hydrogen (secondary N) is 1. The second kappa shape index (κ2) is 5.76. The number of anilines is 2. The SMILES string of the molecule is CSc1c(NCc2cnn(C)c2C)sc(C(N)=O)c1N. The molecule has 2 heterocycles. The molecule has 0 aliphatic heterocycles. The number of carbonyl (C=O) groups is 1. The number of nitrogens with two attached hydrogens (primary N) is 2. The summed E-state index contributed by atoms with van der Waals surface area (Å²) in [7, 11) is 1.90. The van der Waals surface area contributed by atoms with Gasteiger partial charge in [0.05, 0.1) is 16.8 Å². The van der Waals surface area contributed by atoms with Crippen molar-refractivity contribution in [1.29, 1.82) is 0 Å². The largest absolute Gasteiger partial charge is 0.396 e. The van der Waals surface area contributed by atoms with Crippen molar-refractivity contribution in [3.05, 3.63) is 22.3 Å². The molecule has 0 fully saturated rings. The zero-order valence-electron chi connectivity index (χ0n) is 11.6. The Morgan fingerprint density at radius 2 is 2.30 bits per heavy atom. The average Bonchev–Trinajstić information content (AvgIpc) is 2.89. The minimum absolute atomic E-state index is 0.403. The van der Waals surface area contributed by atoms with E-state index in [1.165, 1.54) is 23.1 Å². The fourth-order valence-corrected chi connectivity index (χ4v) is 3.71. The summed E-state index contributed by atoms with van der Waals surface area (Å²) < 4.78 is 1.82. The number of rotatable bonds is 5. The molecule has 0 aromatic carbocycles. The number of amides is 1. The Bertz CT molecular complexity index is 647. The summed E-state index contributed by atoms with van der Waals surface area (Å²) in [6, 6.07) is 0. The summed E-state index contributed by atoms with van der Waals surface area (Å²) in [5.41, 5.74) is 13.9. The molecule has 0 aliphatic carbocycles. The van der Waals surface area contributed by atoms with Crippen molar-refractivity contribution >= 4 is 39.7 Å². The summed E-state index contributed by atoms with van der Waals surface area (Å²) in [6.45, 7) is 2.64. The van der Waals surface area contributed by atoms with Crippen LogP contribution in [-0.2, 0) is 13.6 Å². The lowest BCUT2D eigenvalue weighted by molar-refractivity contribution is 0.100. The molecule has 5 N–H and O–H groups in total. The molecule has 0 spiro atoms. The number of primary amides is 1. The molecule has 108 valence electrons. The summed E-state index contributed by atoms with van der Waals surface area (Å²) >= 11 is 2.79. The van der Waals surface area contributed by atoms with Gasteiger partial charge in [0.2, 0.25) is 0 Å². The normalized spacial score (nSPS) is 10.8. The zero-order valence-corrected chi connectivity index (χ0v) is 13.2. The lowest BCUT2D eigenvalue weighted by Gasteiger charge is -2.06. The van der Waals surface area contributed by atoms with Crippen LogP contribution in [0.4, 0.5) is 10.7 Å². The maximum absolute atomic E-state index is 11.3. The minimum Gasteiger partial charge on any atom is -0.396 e. The van der Waals surface area contributed by atoms with E-state index >= 15 is 0 Å². The predicted molar refractivity (Wildman–Crippen MR) is 84.3 cm³/mol. The molecule has 0 aliphatic rings. The monoisotopic (exact) mass is 311 g/mol. The van der Waals surface area contributed by atoms with E-state index in [1.54, 1.807) is 0 Å². The van der Waals surface area contributed by atoms with Crippen molar-refractivity contribution in [2.45, 2.75) is 18.4 Å². The van der Waals surface area contributed by atoms with Crippen LogP contribution in [0.5, 0.6) is 0 Å². The number of aryl methyl sites for hydroxylation is 1. The van der Waals surface area contributed by atoms with E-state index < -0.39 is 5.91 Å². The van der Waals surface area contributed by atoms with E-state index in [4.69, 9.17) is 11.5 Å². The van der Waals surface area contributed by atoms with E-state index in [2.05, 4.69) is 10.4 Å². The molecule has 2 aromatic rings. The fourth-order valence-electron chi connectivity index (χ4n) is 1.82. The van der Waals surface area contributed by atoms with Gasteiger partial charge in [-0.15, -0.1) is 23.1 Å². The number of carbonyl (C=O) groups excluding carboxylic acids is 1. The number of hydrogen-bond donors (Lipinski definition) is 3. The fraction of sp³-hybridized carbons (Fsp3) is 0.333. The van der Waals surface area contributed by atoms with E-state index in [1.807, 2.05) is 31.1 Å². The Morgan fingerprint density at radius 1 is 1.60 bits per heavy atom. The number of thioether (sulfide) groups is 1. The third-order valence-corrected chi connectivity index (χ3v) is 5.24. The van der Waals surface area contributed by atoms with Gasteiger partial charge in [0, 0.05) is 24.8 Å². The Balaban J connectivity index is 2.23. The van der Waals surface area contributed by atoms with Crippen molar-refractivity contribution in [3.63, 3.8) is 0 Å². The molecular weight excluding hydrogens is 294 g/mol. The van der Waals surface area contributed by atoms with Crippen LogP contribution < -0.4 is 16.8 Å². The van der Waals surface area contributed by atoms with Gasteiger partial charge in [0.1, 0.15) is 9.88 Å². The van der Waals surface area contributed by atoms with Crippen molar-refractivity contribution in [1.82, 2.24) is 9.78 Å². The van der Waals surface area contributed by atoms with Gasteiger partial charge in [-0.3, -0.25) is 9.48 Å². The number of nitrogen functional groups attached to an aromatic ring is 1. The van der Waals surface area contributed by atoms with Crippen LogP contribution >= 0.6 is 23.1 Å². The van der Waals surface area contributed by atoms with Crippen LogP contribution in [0.15, 0.2) is 11.1 Å². The first-order valence-corrected chi connectivity index (χ1v) is 7.97. The smallest absolute Gasteiger partial charge is 0.261 e. The van der Waals surface area contributed by atoms with Crippen LogP contribution in [0, 0.1) is 6.92 Å². The summed E-state index contributed by atoms with van der Waals surface area (Å²) in [6.07, 6.45) is 3.75. The van der Waals surface area contributed by atoms with Crippen molar-refractivity contribution in [2.24, 2.45) is 12.8 Å². The quantitative estimate of drug-likeness (QED) is 0.731. The maximum Gasteiger partial charge on any atom is 0.261 e. The highest BCUT2D eigenvalue weighted by atomic mass is 32.2. The Hall–Kier alpha value is -1.67. The van der Waals surface area contributed by atoms with Crippen molar-refractivity contribution in [2.75, 3.05) is 17.3 Å². The highest BCUT2D eigenvalue weighted by Crippen LogP contribution is 2.41. The standard InChI is InChI=1S/C12H17N5OS2/c1-6-7(5-16-17(6)2)4-15-12-10(19-3)8(13)9(20-12)11(14)18/h5,15H,4,13H2,1-3H3,(H2,14,18). The second-order valence-electron chi connectivity index (χ2n) is 4.30. The molecule has 0 saturated carbocycles. The van der Waals surface area contributed by atoms with E-state index in [-0.39, 0.29) is 0 Å². The van der Waals surface area contributed by atoms with E-state index in [9.17, 15) is 4.79 Å². The molecule has 0 bridgehead atoms. The molecule has 1 amide bonds. The first-order chi connectivity index (χ1) is 9.45. The molecule has 0 atom stereocenters. The van der Waals surface area contributed by atoms with Gasteiger partial charge in [0.15, 0.2) is 0 Å². The first kappa shape index (κ1) is 14.7. The third-order valence-electron chi connectivity index (χ3n) is 3.10. The molecule has 0 radical (unpaired) electrons. The number of hydrogen-bond acceptors (Lipinski definition) is 6. The van der Waals surface area contributed by atoms with E-state index in [0.29, 0.717) is 17.1 Å². The van der Waals surface area contributed by atoms with Gasteiger partial charge >= 0.3 is 0 Å². The van der Waals surface area contributed by atoms with Crippen molar-refractivity contribution < 1.29 is 4.79 Å². The molecule has 20 heavy (non-hydrogen) atoms. The van der Waals surface area contributed by atoms with E-state index in [0.717, 1.165) is 21.2 Å². The molecule has 0 unspecified atom stereocenters. The van der Waals surface area contributed by atoms with Crippen molar-refractivity contribution in [3.8, 4) is 0 Å². The topological polar surface area (TPSA) is 99.0 Å². The molecular formula is C12H17N5OS2. The Kier molecular flexibility index (Phi) is 4.24. The Morgan fingerprint density at radius 3 is 2.80 bits per heavy atom. The van der Waals surface area contributed by atoms with Crippen LogP contribution in [0.3, 0.4) is 0 Å². The number of nitrogens with zero attached hydrogens (tertiary/aromatic N) is 2. The molecule has 8 heteroatoms. The van der Waals surface area contributed by atoms with Gasteiger partial charge in [0.25, 0.3) is 5.91 Å². The van der Waals surface area contributed by atoms with Crippen LogP contribution in [0.2, 0.25) is 0 Å². The van der Waals surface area contributed by atoms with Gasteiger partial charge in [-0.2, -0.15) is 5.10 Å². The summed E-state index contributed by atoms with van der Waals surface area (Å²) in [5, 5.41) is 8.37. The Labute approximate surface area is 125 Å². The highest BCUT2D eigenvalue weighted by Gasteiger charge is 2.18. The maximum atomic E-state index is 11.3. The van der Waals surface area contributed by atoms with Crippen LogP contribution in [-0.4, -0.2) is 21.9 Å². The lowest BCUT2D eigenvalue weighted by atomic mass is 10.2.